The molecule has 0 heterocycles. The number of aliphatic carboxylic acids is 1. The molecule has 0 aromatic rings. The number of hydrogen-bond acceptors (Lipinski definition) is 5. The Morgan fingerprint density at radius 3 is 2.10 bits per heavy atom. The van der Waals surface area contributed by atoms with Crippen molar-refractivity contribution in [3.8, 4) is 0 Å². The van der Waals surface area contributed by atoms with Crippen molar-refractivity contribution in [2.24, 2.45) is 17.4 Å². The fourth-order valence-corrected chi connectivity index (χ4v) is 1.63. The van der Waals surface area contributed by atoms with Crippen LogP contribution in [0.15, 0.2) is 0 Å². The van der Waals surface area contributed by atoms with Gasteiger partial charge >= 0.3 is 5.97 Å². The Labute approximate surface area is 124 Å². The first kappa shape index (κ1) is 19.3. The van der Waals surface area contributed by atoms with E-state index in [2.05, 4.69) is 10.6 Å². The molecule has 0 aliphatic carbocycles. The molecule has 0 aliphatic rings. The SMILES string of the molecule is CC(C)[C@H](NC(=O)[C@@H](N)CCCN)C(=O)N[C@@H](C)C(=O)O. The maximum atomic E-state index is 12.0. The predicted octanol–water partition coefficient (Wildman–Crippen LogP) is -1.22. The van der Waals surface area contributed by atoms with Crippen molar-refractivity contribution in [2.75, 3.05) is 6.54 Å². The molecule has 0 saturated heterocycles. The Morgan fingerprint density at radius 2 is 1.67 bits per heavy atom. The molecule has 0 saturated carbocycles. The van der Waals surface area contributed by atoms with Gasteiger partial charge in [0.1, 0.15) is 12.1 Å². The molecule has 0 rings (SSSR count). The third kappa shape index (κ3) is 7.05. The molecule has 0 fully saturated rings. The molecular formula is C13H26N4O4. The normalized spacial score (nSPS) is 15.1. The standard InChI is InChI=1S/C13H26N4O4/c1-7(2)10(12(19)16-8(3)13(20)21)17-11(18)9(15)5-4-6-14/h7-10H,4-6,14-15H2,1-3H3,(H,16,19)(H,17,18)(H,20,21)/t8-,9-,10-/m0/s1. The average Bonchev–Trinajstić information content (AvgIpc) is 2.40. The van der Waals surface area contributed by atoms with Gasteiger partial charge in [0, 0.05) is 0 Å². The fourth-order valence-electron chi connectivity index (χ4n) is 1.63. The Kier molecular flexibility index (Phi) is 8.56. The van der Waals surface area contributed by atoms with Crippen molar-refractivity contribution >= 4 is 17.8 Å². The third-order valence-corrected chi connectivity index (χ3v) is 3.03. The molecule has 0 aliphatic heterocycles. The minimum Gasteiger partial charge on any atom is -0.480 e. The summed E-state index contributed by atoms with van der Waals surface area (Å²) < 4.78 is 0. The van der Waals surface area contributed by atoms with Gasteiger partial charge in [-0.3, -0.25) is 14.4 Å². The van der Waals surface area contributed by atoms with Crippen LogP contribution in [0.3, 0.4) is 0 Å². The molecule has 0 radical (unpaired) electrons. The van der Waals surface area contributed by atoms with Crippen molar-refractivity contribution in [1.29, 1.82) is 0 Å². The summed E-state index contributed by atoms with van der Waals surface area (Å²) in [6.07, 6.45) is 1.05. The highest BCUT2D eigenvalue weighted by molar-refractivity contribution is 5.91. The third-order valence-electron chi connectivity index (χ3n) is 3.03. The van der Waals surface area contributed by atoms with Crippen LogP contribution >= 0.6 is 0 Å². The van der Waals surface area contributed by atoms with Crippen LogP contribution in [0, 0.1) is 5.92 Å². The van der Waals surface area contributed by atoms with Gasteiger partial charge in [-0.25, -0.2) is 0 Å². The van der Waals surface area contributed by atoms with Crippen LogP contribution < -0.4 is 22.1 Å². The van der Waals surface area contributed by atoms with Crippen LogP contribution in [-0.4, -0.2) is 47.6 Å². The van der Waals surface area contributed by atoms with E-state index in [0.29, 0.717) is 19.4 Å². The topological polar surface area (TPSA) is 148 Å². The maximum absolute atomic E-state index is 12.0. The first-order chi connectivity index (χ1) is 9.70. The molecular weight excluding hydrogens is 276 g/mol. The van der Waals surface area contributed by atoms with Crippen LogP contribution in [-0.2, 0) is 14.4 Å². The molecule has 0 unspecified atom stereocenters. The fraction of sp³-hybridized carbons (Fsp3) is 0.769. The van der Waals surface area contributed by atoms with E-state index in [0.717, 1.165) is 0 Å². The molecule has 2 amide bonds. The van der Waals surface area contributed by atoms with Crippen LogP contribution in [0.4, 0.5) is 0 Å². The van der Waals surface area contributed by atoms with E-state index in [1.54, 1.807) is 13.8 Å². The second kappa shape index (κ2) is 9.30. The minimum atomic E-state index is -1.14. The quantitative estimate of drug-likeness (QED) is 0.361. The molecule has 8 nitrogen and oxygen atoms in total. The van der Waals surface area contributed by atoms with E-state index in [-0.39, 0.29) is 5.92 Å². The van der Waals surface area contributed by atoms with E-state index < -0.39 is 35.9 Å². The molecule has 8 heteroatoms. The van der Waals surface area contributed by atoms with E-state index in [1.807, 2.05) is 0 Å². The van der Waals surface area contributed by atoms with E-state index >= 15 is 0 Å². The highest BCUT2D eigenvalue weighted by atomic mass is 16.4. The van der Waals surface area contributed by atoms with Gasteiger partial charge in [0.25, 0.3) is 0 Å². The first-order valence-electron chi connectivity index (χ1n) is 6.99. The number of carbonyl (C=O) groups is 3. The van der Waals surface area contributed by atoms with Crippen LogP contribution in [0.25, 0.3) is 0 Å². The Balaban J connectivity index is 4.65. The predicted molar refractivity (Wildman–Crippen MR) is 78.3 cm³/mol. The van der Waals surface area contributed by atoms with Crippen molar-refractivity contribution < 1.29 is 19.5 Å². The summed E-state index contributed by atoms with van der Waals surface area (Å²) in [5.74, 6) is -2.33. The van der Waals surface area contributed by atoms with Gasteiger partial charge in [-0.2, -0.15) is 0 Å². The zero-order chi connectivity index (χ0) is 16.6. The average molecular weight is 302 g/mol. The summed E-state index contributed by atoms with van der Waals surface area (Å²) in [4.78, 5) is 34.7. The van der Waals surface area contributed by atoms with Crippen LogP contribution in [0.2, 0.25) is 0 Å². The number of nitrogens with one attached hydrogen (secondary N) is 2. The van der Waals surface area contributed by atoms with Gasteiger partial charge in [-0.1, -0.05) is 13.8 Å². The number of amides is 2. The lowest BCUT2D eigenvalue weighted by molar-refractivity contribution is -0.142. The molecule has 0 aromatic carbocycles. The van der Waals surface area contributed by atoms with E-state index in [1.165, 1.54) is 6.92 Å². The summed E-state index contributed by atoms with van der Waals surface area (Å²) in [7, 11) is 0. The van der Waals surface area contributed by atoms with Crippen LogP contribution in [0.5, 0.6) is 0 Å². The van der Waals surface area contributed by atoms with Gasteiger partial charge in [0.15, 0.2) is 0 Å². The molecule has 21 heavy (non-hydrogen) atoms. The zero-order valence-corrected chi connectivity index (χ0v) is 12.8. The first-order valence-corrected chi connectivity index (χ1v) is 6.99. The lowest BCUT2D eigenvalue weighted by Gasteiger charge is -2.24. The van der Waals surface area contributed by atoms with Gasteiger partial charge < -0.3 is 27.2 Å². The molecule has 7 N–H and O–H groups in total. The van der Waals surface area contributed by atoms with Gasteiger partial charge in [0.05, 0.1) is 6.04 Å². The maximum Gasteiger partial charge on any atom is 0.325 e. The lowest BCUT2D eigenvalue weighted by Crippen LogP contribution is -2.55. The number of carbonyl (C=O) groups excluding carboxylic acids is 2. The Bertz CT molecular complexity index is 373. The minimum absolute atomic E-state index is 0.198. The van der Waals surface area contributed by atoms with Crippen molar-refractivity contribution in [1.82, 2.24) is 10.6 Å². The highest BCUT2D eigenvalue weighted by Gasteiger charge is 2.28. The Morgan fingerprint density at radius 1 is 1.10 bits per heavy atom. The van der Waals surface area contributed by atoms with Crippen molar-refractivity contribution in [2.45, 2.75) is 51.7 Å². The number of hydrogen-bond donors (Lipinski definition) is 5. The van der Waals surface area contributed by atoms with Gasteiger partial charge in [-0.05, 0) is 32.2 Å². The molecule has 0 spiro atoms. The monoisotopic (exact) mass is 302 g/mol. The van der Waals surface area contributed by atoms with Gasteiger partial charge in [0.2, 0.25) is 11.8 Å². The number of carboxylic acids is 1. The molecule has 0 bridgehead atoms. The largest absolute Gasteiger partial charge is 0.480 e. The number of nitrogens with two attached hydrogens (primary N) is 2. The summed E-state index contributed by atoms with van der Waals surface area (Å²) in [5.41, 5.74) is 11.1. The summed E-state index contributed by atoms with van der Waals surface area (Å²) in [6, 6.07) is -2.59. The second-order valence-electron chi connectivity index (χ2n) is 5.34. The molecule has 122 valence electrons. The van der Waals surface area contributed by atoms with Crippen molar-refractivity contribution in [3.63, 3.8) is 0 Å². The zero-order valence-electron chi connectivity index (χ0n) is 12.8. The highest BCUT2D eigenvalue weighted by Crippen LogP contribution is 2.04. The number of rotatable bonds is 9. The van der Waals surface area contributed by atoms with Crippen molar-refractivity contribution in [3.05, 3.63) is 0 Å². The summed E-state index contributed by atoms with van der Waals surface area (Å²) in [5, 5.41) is 13.7. The van der Waals surface area contributed by atoms with E-state index in [4.69, 9.17) is 16.6 Å². The smallest absolute Gasteiger partial charge is 0.325 e. The number of carboxylic acid groups (broad SMARTS) is 1. The molecule has 3 atom stereocenters. The lowest BCUT2D eigenvalue weighted by atomic mass is 10.0. The van der Waals surface area contributed by atoms with Gasteiger partial charge in [-0.15, -0.1) is 0 Å². The molecule has 0 aromatic heterocycles. The summed E-state index contributed by atoms with van der Waals surface area (Å²) >= 11 is 0. The van der Waals surface area contributed by atoms with E-state index in [9.17, 15) is 14.4 Å². The Hall–Kier alpha value is -1.67. The van der Waals surface area contributed by atoms with Crippen LogP contribution in [0.1, 0.15) is 33.6 Å². The summed E-state index contributed by atoms with van der Waals surface area (Å²) in [6.45, 7) is 5.29. The second-order valence-corrected chi connectivity index (χ2v) is 5.34.